The minimum absolute atomic E-state index is 0.0814. The number of amides is 1. The molecule has 1 N–H and O–H groups in total. The SMILES string of the molecule is COC(=O)c1cccc(C(=O)Nc2ncccc2C)n1. The van der Waals surface area contributed by atoms with E-state index >= 15 is 0 Å². The molecule has 0 spiro atoms. The van der Waals surface area contributed by atoms with Gasteiger partial charge in [-0.05, 0) is 30.7 Å². The summed E-state index contributed by atoms with van der Waals surface area (Å²) in [4.78, 5) is 31.5. The molecule has 0 aliphatic heterocycles. The lowest BCUT2D eigenvalue weighted by Crippen LogP contribution is -2.17. The van der Waals surface area contributed by atoms with Crippen LogP contribution in [0.3, 0.4) is 0 Å². The Hall–Kier alpha value is -2.76. The van der Waals surface area contributed by atoms with Crippen LogP contribution in [-0.4, -0.2) is 29.0 Å². The second-order valence-corrected chi connectivity index (χ2v) is 4.02. The molecule has 6 nitrogen and oxygen atoms in total. The molecule has 102 valence electrons. The van der Waals surface area contributed by atoms with Crippen LogP contribution in [-0.2, 0) is 4.74 Å². The van der Waals surface area contributed by atoms with Gasteiger partial charge in [0.05, 0.1) is 7.11 Å². The predicted molar refractivity (Wildman–Crippen MR) is 72.5 cm³/mol. The lowest BCUT2D eigenvalue weighted by molar-refractivity contribution is 0.0594. The molecular formula is C14H13N3O3. The molecule has 20 heavy (non-hydrogen) atoms. The number of nitrogens with one attached hydrogen (secondary N) is 1. The van der Waals surface area contributed by atoms with E-state index in [1.807, 2.05) is 13.0 Å². The van der Waals surface area contributed by atoms with E-state index in [1.165, 1.54) is 19.2 Å². The Morgan fingerprint density at radius 3 is 2.60 bits per heavy atom. The molecule has 0 aromatic carbocycles. The van der Waals surface area contributed by atoms with Gasteiger partial charge in [0.2, 0.25) is 0 Å². The van der Waals surface area contributed by atoms with Gasteiger partial charge in [0.1, 0.15) is 17.2 Å². The van der Waals surface area contributed by atoms with Crippen molar-refractivity contribution in [3.63, 3.8) is 0 Å². The zero-order valence-corrected chi connectivity index (χ0v) is 11.1. The zero-order chi connectivity index (χ0) is 14.5. The van der Waals surface area contributed by atoms with E-state index in [0.29, 0.717) is 5.82 Å². The van der Waals surface area contributed by atoms with Crippen LogP contribution in [0, 0.1) is 6.92 Å². The molecule has 0 aliphatic rings. The quantitative estimate of drug-likeness (QED) is 0.861. The number of methoxy groups -OCH3 is 1. The number of nitrogens with zero attached hydrogens (tertiary/aromatic N) is 2. The van der Waals surface area contributed by atoms with E-state index < -0.39 is 11.9 Å². The Morgan fingerprint density at radius 2 is 1.90 bits per heavy atom. The number of hydrogen-bond acceptors (Lipinski definition) is 5. The Morgan fingerprint density at radius 1 is 1.15 bits per heavy atom. The highest BCUT2D eigenvalue weighted by Crippen LogP contribution is 2.11. The molecular weight excluding hydrogens is 258 g/mol. The highest BCUT2D eigenvalue weighted by molar-refractivity contribution is 6.03. The standard InChI is InChI=1S/C14H13N3O3/c1-9-5-4-8-15-12(9)17-13(18)10-6-3-7-11(16-10)14(19)20-2/h3-8H,1-2H3,(H,15,17,18). The number of esters is 1. The van der Waals surface area contributed by atoms with Gasteiger partial charge in [0, 0.05) is 6.20 Å². The van der Waals surface area contributed by atoms with E-state index in [2.05, 4.69) is 20.0 Å². The fourth-order valence-electron chi connectivity index (χ4n) is 1.57. The summed E-state index contributed by atoms with van der Waals surface area (Å²) in [6, 6.07) is 8.18. The smallest absolute Gasteiger partial charge is 0.356 e. The molecule has 6 heteroatoms. The normalized spacial score (nSPS) is 9.90. The van der Waals surface area contributed by atoms with E-state index in [9.17, 15) is 9.59 Å². The van der Waals surface area contributed by atoms with Gasteiger partial charge < -0.3 is 10.1 Å². The fraction of sp³-hybridized carbons (Fsp3) is 0.143. The average Bonchev–Trinajstić information content (AvgIpc) is 2.49. The summed E-state index contributed by atoms with van der Waals surface area (Å²) in [5, 5.41) is 2.65. The van der Waals surface area contributed by atoms with Crippen molar-refractivity contribution in [2.75, 3.05) is 12.4 Å². The van der Waals surface area contributed by atoms with E-state index in [1.54, 1.807) is 18.3 Å². The summed E-state index contributed by atoms with van der Waals surface area (Å²) in [6.07, 6.45) is 1.58. The minimum atomic E-state index is -0.589. The Bertz CT molecular complexity index is 656. The summed E-state index contributed by atoms with van der Waals surface area (Å²) in [7, 11) is 1.26. The first kappa shape index (κ1) is 13.7. The van der Waals surface area contributed by atoms with E-state index in [4.69, 9.17) is 0 Å². The topological polar surface area (TPSA) is 81.2 Å². The summed E-state index contributed by atoms with van der Waals surface area (Å²) >= 11 is 0. The van der Waals surface area contributed by atoms with Gasteiger partial charge in [-0.2, -0.15) is 0 Å². The van der Waals surface area contributed by atoms with Crippen LogP contribution >= 0.6 is 0 Å². The summed E-state index contributed by atoms with van der Waals surface area (Å²) < 4.78 is 4.56. The highest BCUT2D eigenvalue weighted by Gasteiger charge is 2.13. The maximum Gasteiger partial charge on any atom is 0.356 e. The molecule has 2 aromatic heterocycles. The number of ether oxygens (including phenoxy) is 1. The molecule has 1 amide bonds. The number of anilines is 1. The number of aryl methyl sites for hydroxylation is 1. The number of carbonyl (C=O) groups excluding carboxylic acids is 2. The number of aromatic nitrogens is 2. The van der Waals surface area contributed by atoms with Gasteiger partial charge in [-0.15, -0.1) is 0 Å². The molecule has 2 heterocycles. The molecule has 0 saturated carbocycles. The van der Waals surface area contributed by atoms with Crippen LogP contribution in [0.25, 0.3) is 0 Å². The maximum absolute atomic E-state index is 12.1. The number of hydrogen-bond donors (Lipinski definition) is 1. The van der Waals surface area contributed by atoms with E-state index in [0.717, 1.165) is 5.56 Å². The Balaban J connectivity index is 2.22. The average molecular weight is 271 g/mol. The largest absolute Gasteiger partial charge is 0.464 e. The molecule has 0 unspecified atom stereocenters. The van der Waals surface area contributed by atoms with Crippen LogP contribution in [0.1, 0.15) is 26.5 Å². The molecule has 0 bridgehead atoms. The van der Waals surface area contributed by atoms with Crippen molar-refractivity contribution in [1.82, 2.24) is 9.97 Å². The first-order chi connectivity index (χ1) is 9.61. The van der Waals surface area contributed by atoms with Crippen LogP contribution < -0.4 is 5.32 Å². The molecule has 2 aromatic rings. The van der Waals surface area contributed by atoms with Gasteiger partial charge in [-0.3, -0.25) is 4.79 Å². The molecule has 0 atom stereocenters. The third kappa shape index (κ3) is 2.97. The summed E-state index contributed by atoms with van der Waals surface area (Å²) in [5.41, 5.74) is 1.04. The lowest BCUT2D eigenvalue weighted by atomic mass is 10.2. The fourth-order valence-corrected chi connectivity index (χ4v) is 1.57. The third-order valence-corrected chi connectivity index (χ3v) is 2.62. The molecule has 0 radical (unpaired) electrons. The van der Waals surface area contributed by atoms with Crippen molar-refractivity contribution < 1.29 is 14.3 Å². The van der Waals surface area contributed by atoms with Crippen LogP contribution in [0.2, 0.25) is 0 Å². The summed E-state index contributed by atoms with van der Waals surface area (Å²) in [6.45, 7) is 1.83. The van der Waals surface area contributed by atoms with Crippen molar-refractivity contribution >= 4 is 17.7 Å². The second-order valence-electron chi connectivity index (χ2n) is 4.02. The number of pyridine rings is 2. The Labute approximate surface area is 115 Å². The van der Waals surface area contributed by atoms with Crippen molar-refractivity contribution in [2.45, 2.75) is 6.92 Å². The third-order valence-electron chi connectivity index (χ3n) is 2.62. The van der Waals surface area contributed by atoms with Crippen molar-refractivity contribution in [3.05, 3.63) is 53.5 Å². The molecule has 0 fully saturated rings. The Kier molecular flexibility index (Phi) is 4.05. The van der Waals surface area contributed by atoms with Crippen molar-refractivity contribution in [3.8, 4) is 0 Å². The second kappa shape index (κ2) is 5.92. The van der Waals surface area contributed by atoms with Crippen LogP contribution in [0.5, 0.6) is 0 Å². The molecule has 0 aliphatic carbocycles. The molecule has 2 rings (SSSR count). The van der Waals surface area contributed by atoms with Crippen LogP contribution in [0.4, 0.5) is 5.82 Å². The minimum Gasteiger partial charge on any atom is -0.464 e. The van der Waals surface area contributed by atoms with Gasteiger partial charge in [0.25, 0.3) is 5.91 Å². The lowest BCUT2D eigenvalue weighted by Gasteiger charge is -2.07. The first-order valence-electron chi connectivity index (χ1n) is 5.90. The molecule has 0 saturated heterocycles. The van der Waals surface area contributed by atoms with Crippen LogP contribution in [0.15, 0.2) is 36.5 Å². The zero-order valence-electron chi connectivity index (χ0n) is 11.1. The van der Waals surface area contributed by atoms with Crippen molar-refractivity contribution in [1.29, 1.82) is 0 Å². The predicted octanol–water partition coefficient (Wildman–Crippen LogP) is 1.82. The summed E-state index contributed by atoms with van der Waals surface area (Å²) in [5.74, 6) is -0.561. The van der Waals surface area contributed by atoms with Gasteiger partial charge >= 0.3 is 5.97 Å². The van der Waals surface area contributed by atoms with Gasteiger partial charge in [0.15, 0.2) is 0 Å². The van der Waals surface area contributed by atoms with Gasteiger partial charge in [-0.1, -0.05) is 12.1 Å². The van der Waals surface area contributed by atoms with Gasteiger partial charge in [-0.25, -0.2) is 14.8 Å². The number of rotatable bonds is 3. The van der Waals surface area contributed by atoms with Crippen molar-refractivity contribution in [2.24, 2.45) is 0 Å². The monoisotopic (exact) mass is 271 g/mol. The number of carbonyl (C=O) groups is 2. The first-order valence-corrected chi connectivity index (χ1v) is 5.90. The highest BCUT2D eigenvalue weighted by atomic mass is 16.5. The maximum atomic E-state index is 12.1. The van der Waals surface area contributed by atoms with E-state index in [-0.39, 0.29) is 11.4 Å².